The van der Waals surface area contributed by atoms with Crippen molar-refractivity contribution in [1.82, 2.24) is 0 Å². The summed E-state index contributed by atoms with van der Waals surface area (Å²) < 4.78 is 11.2. The van der Waals surface area contributed by atoms with Gasteiger partial charge in [0.25, 0.3) is 0 Å². The van der Waals surface area contributed by atoms with Crippen molar-refractivity contribution in [3.63, 3.8) is 0 Å². The maximum atomic E-state index is 10.3. The van der Waals surface area contributed by atoms with E-state index < -0.39 is 6.10 Å². The Morgan fingerprint density at radius 2 is 2.32 bits per heavy atom. The van der Waals surface area contributed by atoms with Gasteiger partial charge in [-0.25, -0.2) is 0 Å². The second-order valence-corrected chi connectivity index (χ2v) is 6.51. The Morgan fingerprint density at radius 3 is 3.14 bits per heavy atom. The molecule has 2 aliphatic rings. The minimum Gasteiger partial charge on any atom is -0.389 e. The zero-order valence-corrected chi connectivity index (χ0v) is 13.5. The van der Waals surface area contributed by atoms with Crippen LogP contribution in [0.2, 0.25) is 0 Å². The number of nitrogens with zero attached hydrogens (tertiary/aromatic N) is 1. The standard InChI is InChI=1S/C18H27NO3/c1-14-6-7-15-4-2-8-19(18(15)10-14)11-16(20)12-21-13-17-5-3-9-22-17/h6-7,10,16-17,20H,2-5,8-9,11-13H2,1H3. The Bertz CT molecular complexity index is 485. The Labute approximate surface area is 133 Å². The first-order valence-electron chi connectivity index (χ1n) is 8.44. The van der Waals surface area contributed by atoms with Crippen molar-refractivity contribution >= 4 is 5.69 Å². The molecule has 122 valence electrons. The molecule has 2 atom stereocenters. The number of aliphatic hydroxyl groups excluding tert-OH is 1. The van der Waals surface area contributed by atoms with Gasteiger partial charge in [0.05, 0.1) is 25.4 Å². The van der Waals surface area contributed by atoms with Crippen LogP contribution in [0.1, 0.15) is 30.4 Å². The van der Waals surface area contributed by atoms with Gasteiger partial charge >= 0.3 is 0 Å². The first-order chi connectivity index (χ1) is 10.7. The number of β-amino-alcohol motifs (C(OH)–C–C–N with tert-alkyl or cyclic N) is 1. The molecule has 1 saturated heterocycles. The van der Waals surface area contributed by atoms with Gasteiger partial charge in [-0.05, 0) is 49.8 Å². The number of benzene rings is 1. The van der Waals surface area contributed by atoms with Crippen LogP contribution < -0.4 is 4.90 Å². The maximum absolute atomic E-state index is 10.3. The topological polar surface area (TPSA) is 41.9 Å². The summed E-state index contributed by atoms with van der Waals surface area (Å²) in [6.45, 7) is 5.61. The first kappa shape index (κ1) is 15.8. The lowest BCUT2D eigenvalue weighted by Crippen LogP contribution is -2.38. The zero-order chi connectivity index (χ0) is 15.4. The van der Waals surface area contributed by atoms with E-state index in [0.717, 1.165) is 38.8 Å². The molecule has 2 unspecified atom stereocenters. The highest BCUT2D eigenvalue weighted by Gasteiger charge is 2.20. The lowest BCUT2D eigenvalue weighted by Gasteiger charge is -2.33. The quantitative estimate of drug-likeness (QED) is 0.876. The summed E-state index contributed by atoms with van der Waals surface area (Å²) in [4.78, 5) is 2.30. The Balaban J connectivity index is 1.49. The van der Waals surface area contributed by atoms with Gasteiger partial charge in [0.15, 0.2) is 0 Å². The van der Waals surface area contributed by atoms with Gasteiger partial charge in [0.1, 0.15) is 0 Å². The summed E-state index contributed by atoms with van der Waals surface area (Å²) in [7, 11) is 0. The lowest BCUT2D eigenvalue weighted by atomic mass is 9.99. The average molecular weight is 305 g/mol. The van der Waals surface area contributed by atoms with Crippen LogP contribution in [0.4, 0.5) is 5.69 Å². The molecule has 0 amide bonds. The van der Waals surface area contributed by atoms with E-state index in [2.05, 4.69) is 30.0 Å². The molecule has 1 fully saturated rings. The maximum Gasteiger partial charge on any atom is 0.0948 e. The molecule has 22 heavy (non-hydrogen) atoms. The van der Waals surface area contributed by atoms with Crippen molar-refractivity contribution in [3.05, 3.63) is 29.3 Å². The Morgan fingerprint density at radius 1 is 1.41 bits per heavy atom. The van der Waals surface area contributed by atoms with Crippen molar-refractivity contribution in [3.8, 4) is 0 Å². The fourth-order valence-corrected chi connectivity index (χ4v) is 3.37. The highest BCUT2D eigenvalue weighted by Crippen LogP contribution is 2.28. The predicted octanol–water partition coefficient (Wildman–Crippen LogP) is 2.30. The van der Waals surface area contributed by atoms with E-state index in [1.54, 1.807) is 0 Å². The molecule has 4 heteroatoms. The van der Waals surface area contributed by atoms with Gasteiger partial charge < -0.3 is 19.5 Å². The van der Waals surface area contributed by atoms with Crippen LogP contribution in [0, 0.1) is 6.92 Å². The molecule has 1 aromatic carbocycles. The third-order valence-electron chi connectivity index (χ3n) is 4.52. The van der Waals surface area contributed by atoms with E-state index in [9.17, 15) is 5.11 Å². The average Bonchev–Trinajstić information content (AvgIpc) is 3.01. The lowest BCUT2D eigenvalue weighted by molar-refractivity contribution is -0.0150. The molecule has 2 heterocycles. The number of aryl methyl sites for hydroxylation is 2. The van der Waals surface area contributed by atoms with Crippen LogP contribution in [0.15, 0.2) is 18.2 Å². The fourth-order valence-electron chi connectivity index (χ4n) is 3.37. The minimum absolute atomic E-state index is 0.227. The number of ether oxygens (including phenoxy) is 2. The second-order valence-electron chi connectivity index (χ2n) is 6.51. The van der Waals surface area contributed by atoms with E-state index in [0.29, 0.717) is 19.8 Å². The summed E-state index contributed by atoms with van der Waals surface area (Å²) in [6, 6.07) is 6.62. The summed E-state index contributed by atoms with van der Waals surface area (Å²) in [5.41, 5.74) is 3.95. The molecule has 2 aliphatic heterocycles. The third-order valence-corrected chi connectivity index (χ3v) is 4.52. The van der Waals surface area contributed by atoms with Gasteiger partial charge in [-0.1, -0.05) is 12.1 Å². The van der Waals surface area contributed by atoms with Gasteiger partial charge in [0.2, 0.25) is 0 Å². The zero-order valence-electron chi connectivity index (χ0n) is 13.5. The Kier molecular flexibility index (Phi) is 5.34. The van der Waals surface area contributed by atoms with Crippen molar-refractivity contribution in [2.45, 2.75) is 44.8 Å². The van der Waals surface area contributed by atoms with Crippen molar-refractivity contribution in [2.24, 2.45) is 0 Å². The molecule has 1 N–H and O–H groups in total. The van der Waals surface area contributed by atoms with Crippen molar-refractivity contribution in [1.29, 1.82) is 0 Å². The number of fused-ring (bicyclic) bond motifs is 1. The molecule has 0 bridgehead atoms. The number of anilines is 1. The molecule has 0 aliphatic carbocycles. The van der Waals surface area contributed by atoms with Crippen LogP contribution in [0.5, 0.6) is 0 Å². The highest BCUT2D eigenvalue weighted by atomic mass is 16.5. The SMILES string of the molecule is Cc1ccc2c(c1)N(CC(O)COCC1CCCO1)CCC2. The van der Waals surface area contributed by atoms with Gasteiger partial charge in [-0.15, -0.1) is 0 Å². The molecule has 0 radical (unpaired) electrons. The fraction of sp³-hybridized carbons (Fsp3) is 0.667. The molecular formula is C18H27NO3. The van der Waals surface area contributed by atoms with Crippen molar-refractivity contribution < 1.29 is 14.6 Å². The normalized spacial score (nSPS) is 22.6. The van der Waals surface area contributed by atoms with E-state index >= 15 is 0 Å². The summed E-state index contributed by atoms with van der Waals surface area (Å²) >= 11 is 0. The van der Waals surface area contributed by atoms with E-state index in [-0.39, 0.29) is 6.10 Å². The molecule has 0 aromatic heterocycles. The predicted molar refractivity (Wildman–Crippen MR) is 87.5 cm³/mol. The second kappa shape index (κ2) is 7.44. The van der Waals surface area contributed by atoms with Crippen LogP contribution in [0.25, 0.3) is 0 Å². The number of rotatable bonds is 6. The molecule has 3 rings (SSSR count). The third kappa shape index (κ3) is 4.00. The highest BCUT2D eigenvalue weighted by molar-refractivity contribution is 5.57. The van der Waals surface area contributed by atoms with E-state index in [4.69, 9.17) is 9.47 Å². The molecule has 1 aromatic rings. The number of hydrogen-bond acceptors (Lipinski definition) is 4. The summed E-state index contributed by atoms with van der Waals surface area (Å²) in [5, 5.41) is 10.3. The van der Waals surface area contributed by atoms with Crippen molar-refractivity contribution in [2.75, 3.05) is 37.8 Å². The van der Waals surface area contributed by atoms with E-state index in [1.807, 2.05) is 0 Å². The molecular weight excluding hydrogens is 278 g/mol. The number of aliphatic hydroxyl groups is 1. The van der Waals surface area contributed by atoms with Crippen LogP contribution in [0.3, 0.4) is 0 Å². The largest absolute Gasteiger partial charge is 0.389 e. The van der Waals surface area contributed by atoms with Gasteiger partial charge in [-0.3, -0.25) is 0 Å². The Hall–Kier alpha value is -1.10. The molecule has 4 nitrogen and oxygen atoms in total. The summed E-state index contributed by atoms with van der Waals surface area (Å²) in [6.07, 6.45) is 4.27. The number of hydrogen-bond donors (Lipinski definition) is 1. The minimum atomic E-state index is -0.451. The smallest absolute Gasteiger partial charge is 0.0948 e. The van der Waals surface area contributed by atoms with Crippen LogP contribution in [-0.2, 0) is 15.9 Å². The van der Waals surface area contributed by atoms with Crippen LogP contribution in [-0.4, -0.2) is 50.2 Å². The first-order valence-corrected chi connectivity index (χ1v) is 8.44. The van der Waals surface area contributed by atoms with Crippen LogP contribution >= 0.6 is 0 Å². The van der Waals surface area contributed by atoms with E-state index in [1.165, 1.54) is 16.8 Å². The monoisotopic (exact) mass is 305 g/mol. The van der Waals surface area contributed by atoms with Gasteiger partial charge in [0, 0.05) is 25.4 Å². The molecule has 0 saturated carbocycles. The van der Waals surface area contributed by atoms with Gasteiger partial charge in [-0.2, -0.15) is 0 Å². The summed E-state index contributed by atoms with van der Waals surface area (Å²) in [5.74, 6) is 0. The molecule has 0 spiro atoms.